The largest absolute Gasteiger partial charge is 0.377 e. The van der Waals surface area contributed by atoms with Crippen LogP contribution in [0.15, 0.2) is 24.3 Å². The highest BCUT2D eigenvalue weighted by Gasteiger charge is 2.45. The monoisotopic (exact) mass is 291 g/mol. The van der Waals surface area contributed by atoms with Crippen molar-refractivity contribution in [2.45, 2.75) is 44.2 Å². The van der Waals surface area contributed by atoms with Crippen LogP contribution in [0.3, 0.4) is 0 Å². The average molecular weight is 292 g/mol. The number of aryl methyl sites for hydroxylation is 1. The van der Waals surface area contributed by atoms with Gasteiger partial charge in [-0.25, -0.2) is 0 Å². The lowest BCUT2D eigenvalue weighted by Crippen LogP contribution is -2.47. The number of benzene rings is 1. The Hall–Kier alpha value is -1.01. The van der Waals surface area contributed by atoms with Crippen molar-refractivity contribution in [3.05, 3.63) is 35.4 Å². The van der Waals surface area contributed by atoms with Crippen molar-refractivity contribution in [2.75, 3.05) is 6.54 Å². The smallest absolute Gasteiger partial charge is 0.130 e. The zero-order chi connectivity index (χ0) is 13.3. The van der Waals surface area contributed by atoms with Crippen molar-refractivity contribution >= 4 is 12.4 Å². The Balaban J connectivity index is 0.00000147. The summed E-state index contributed by atoms with van der Waals surface area (Å²) in [6, 6.07) is 8.63. The van der Waals surface area contributed by atoms with Gasteiger partial charge in [-0.3, -0.25) is 0 Å². The molecule has 1 aromatic rings. The first kappa shape index (κ1) is 15.4. The molecule has 1 aliphatic heterocycles. The highest BCUT2D eigenvalue weighted by molar-refractivity contribution is 5.85. The van der Waals surface area contributed by atoms with Crippen LogP contribution in [0.5, 0.6) is 0 Å². The topological polar surface area (TPSA) is 32.3 Å². The second-order valence-corrected chi connectivity index (χ2v) is 5.89. The summed E-state index contributed by atoms with van der Waals surface area (Å²) in [7, 11) is 0. The molecule has 2 fully saturated rings. The van der Waals surface area contributed by atoms with Gasteiger partial charge in [-0.1, -0.05) is 24.0 Å². The molecule has 0 aromatic heterocycles. The highest BCUT2D eigenvalue weighted by Crippen LogP contribution is 2.38. The van der Waals surface area contributed by atoms with Gasteiger partial charge in [0.25, 0.3) is 0 Å². The number of hydrogen-bond acceptors (Lipinski definition) is 2. The van der Waals surface area contributed by atoms with Gasteiger partial charge in [0.15, 0.2) is 0 Å². The van der Waals surface area contributed by atoms with Gasteiger partial charge in [-0.15, -0.1) is 12.4 Å². The van der Waals surface area contributed by atoms with E-state index in [1.807, 2.05) is 12.1 Å². The molecule has 108 valence electrons. The van der Waals surface area contributed by atoms with Crippen molar-refractivity contribution in [2.24, 2.45) is 5.92 Å². The number of nitrogens with one attached hydrogen (secondary N) is 1. The fourth-order valence-electron chi connectivity index (χ4n) is 3.48. The second kappa shape index (κ2) is 6.18. The zero-order valence-corrected chi connectivity index (χ0v) is 12.7. The maximum atomic E-state index is 10.9. The molecule has 1 saturated carbocycles. The molecule has 2 N–H and O–H groups in total. The highest BCUT2D eigenvalue weighted by atomic mass is 35.5. The van der Waals surface area contributed by atoms with Crippen molar-refractivity contribution < 1.29 is 5.11 Å². The minimum atomic E-state index is -0.795. The molecule has 3 rings (SSSR count). The molecule has 0 amide bonds. The van der Waals surface area contributed by atoms with Crippen molar-refractivity contribution in [1.29, 1.82) is 0 Å². The lowest BCUT2D eigenvalue weighted by molar-refractivity contribution is 0.000968. The lowest BCUT2D eigenvalue weighted by atomic mass is 9.73. The van der Waals surface area contributed by atoms with Gasteiger partial charge in [0.05, 0.1) is 0 Å². The lowest BCUT2D eigenvalue weighted by Gasteiger charge is -2.37. The normalized spacial score (nSPS) is 31.7. The summed E-state index contributed by atoms with van der Waals surface area (Å²) in [6.45, 7) is 3.08. The van der Waals surface area contributed by atoms with E-state index in [0.717, 1.165) is 31.4 Å². The van der Waals surface area contributed by atoms with Crippen LogP contribution in [0.1, 0.15) is 36.8 Å². The predicted octanol–water partition coefficient (Wildman–Crippen LogP) is 2.66. The molecule has 0 radical (unpaired) electrons. The Bertz CT molecular complexity index is 533. The molecule has 1 aromatic carbocycles. The third-order valence-corrected chi connectivity index (χ3v) is 4.48. The van der Waals surface area contributed by atoms with Crippen LogP contribution in [0.2, 0.25) is 0 Å². The summed E-state index contributed by atoms with van der Waals surface area (Å²) in [5, 5.41) is 14.4. The van der Waals surface area contributed by atoms with Crippen LogP contribution in [0, 0.1) is 24.7 Å². The molecule has 0 bridgehead atoms. The Kier molecular flexibility index (Phi) is 4.75. The summed E-state index contributed by atoms with van der Waals surface area (Å²) in [4.78, 5) is 0. The van der Waals surface area contributed by atoms with E-state index in [-0.39, 0.29) is 12.4 Å². The van der Waals surface area contributed by atoms with E-state index in [1.165, 1.54) is 12.0 Å². The third-order valence-electron chi connectivity index (χ3n) is 4.48. The molecule has 1 heterocycles. The number of rotatable bonds is 0. The van der Waals surface area contributed by atoms with E-state index in [4.69, 9.17) is 0 Å². The third kappa shape index (κ3) is 3.01. The van der Waals surface area contributed by atoms with Crippen LogP contribution < -0.4 is 5.32 Å². The fraction of sp³-hybridized carbons (Fsp3) is 0.529. The van der Waals surface area contributed by atoms with E-state index >= 15 is 0 Å². The molecular weight excluding hydrogens is 270 g/mol. The van der Waals surface area contributed by atoms with Gasteiger partial charge in [0, 0.05) is 17.5 Å². The first-order valence-electron chi connectivity index (χ1n) is 7.23. The molecule has 3 heteroatoms. The maximum absolute atomic E-state index is 10.9. The van der Waals surface area contributed by atoms with Crippen molar-refractivity contribution in [3.8, 4) is 11.8 Å². The van der Waals surface area contributed by atoms with E-state index in [9.17, 15) is 5.11 Å². The van der Waals surface area contributed by atoms with Gasteiger partial charge >= 0.3 is 0 Å². The molecule has 2 unspecified atom stereocenters. The van der Waals surface area contributed by atoms with Crippen LogP contribution in [-0.2, 0) is 0 Å². The van der Waals surface area contributed by atoms with Crippen molar-refractivity contribution in [1.82, 2.24) is 5.32 Å². The quantitative estimate of drug-likeness (QED) is 0.720. The zero-order valence-electron chi connectivity index (χ0n) is 11.9. The van der Waals surface area contributed by atoms with E-state index in [2.05, 4.69) is 36.2 Å². The maximum Gasteiger partial charge on any atom is 0.130 e. The van der Waals surface area contributed by atoms with E-state index in [1.54, 1.807) is 0 Å². The summed E-state index contributed by atoms with van der Waals surface area (Å²) in [6.07, 6.45) is 4.10. The summed E-state index contributed by atoms with van der Waals surface area (Å²) in [5.41, 5.74) is 1.42. The van der Waals surface area contributed by atoms with Crippen LogP contribution in [0.4, 0.5) is 0 Å². The molecule has 1 saturated heterocycles. The second-order valence-electron chi connectivity index (χ2n) is 5.89. The molecule has 3 atom stereocenters. The molecule has 1 aliphatic carbocycles. The van der Waals surface area contributed by atoms with E-state index < -0.39 is 5.60 Å². The number of hydrogen-bond donors (Lipinski definition) is 2. The Morgan fingerprint density at radius 1 is 1.35 bits per heavy atom. The number of fused-ring (bicyclic) bond motifs is 1. The molecule has 2 aliphatic rings. The van der Waals surface area contributed by atoms with Crippen molar-refractivity contribution in [3.63, 3.8) is 0 Å². The van der Waals surface area contributed by atoms with Crippen LogP contribution in [-0.4, -0.2) is 23.3 Å². The number of halogens is 1. The van der Waals surface area contributed by atoms with E-state index in [0.29, 0.717) is 12.0 Å². The standard InChI is InChI=1S/C17H21NO.ClH/c1-13-4-2-5-14(12-13)7-10-17(19)9-3-6-16-15(17)8-11-18-16;/h2,4-5,12,15-16,18-19H,3,6,8-9,11H2,1H3;1H/t15?,16?,17-;/m1./s1. The Morgan fingerprint density at radius 2 is 2.20 bits per heavy atom. The van der Waals surface area contributed by atoms with Gasteiger partial charge < -0.3 is 10.4 Å². The SMILES string of the molecule is Cc1cccc(C#C[C@]2(O)CCCC3NCCC32)c1.Cl. The average Bonchev–Trinajstić information content (AvgIpc) is 2.87. The molecule has 2 nitrogen and oxygen atoms in total. The summed E-state index contributed by atoms with van der Waals surface area (Å²) < 4.78 is 0. The molecule has 20 heavy (non-hydrogen) atoms. The minimum absolute atomic E-state index is 0. The summed E-state index contributed by atoms with van der Waals surface area (Å²) in [5.74, 6) is 6.66. The van der Waals surface area contributed by atoms with Gasteiger partial charge in [0.2, 0.25) is 0 Å². The summed E-state index contributed by atoms with van der Waals surface area (Å²) >= 11 is 0. The van der Waals surface area contributed by atoms with Gasteiger partial charge in [-0.05, 0) is 56.8 Å². The Morgan fingerprint density at radius 3 is 3.00 bits per heavy atom. The number of aliphatic hydroxyl groups is 1. The van der Waals surface area contributed by atoms with Crippen LogP contribution >= 0.6 is 12.4 Å². The van der Waals surface area contributed by atoms with Crippen LogP contribution in [0.25, 0.3) is 0 Å². The molecular formula is C17H22ClNO. The predicted molar refractivity (Wildman–Crippen MR) is 84.0 cm³/mol. The van der Waals surface area contributed by atoms with Gasteiger partial charge in [0.1, 0.15) is 5.60 Å². The first-order valence-corrected chi connectivity index (χ1v) is 7.23. The first-order chi connectivity index (χ1) is 9.17. The molecule has 0 spiro atoms. The minimum Gasteiger partial charge on any atom is -0.377 e. The van der Waals surface area contributed by atoms with Gasteiger partial charge in [-0.2, -0.15) is 0 Å². The fourth-order valence-corrected chi connectivity index (χ4v) is 3.48. The Labute approximate surface area is 127 Å².